The molecule has 18 heavy (non-hydrogen) atoms. The van der Waals surface area contributed by atoms with E-state index in [0.717, 1.165) is 5.69 Å². The molecule has 0 aliphatic rings. The lowest BCUT2D eigenvalue weighted by Crippen LogP contribution is -2.13. The summed E-state index contributed by atoms with van der Waals surface area (Å²) in [6, 6.07) is 6.05. The number of hydrogen-bond donors (Lipinski definition) is 2. The van der Waals surface area contributed by atoms with Crippen LogP contribution < -0.4 is 11.1 Å². The Morgan fingerprint density at radius 3 is 2.89 bits per heavy atom. The van der Waals surface area contributed by atoms with Crippen LogP contribution in [-0.2, 0) is 6.54 Å². The lowest BCUT2D eigenvalue weighted by atomic mass is 10.1. The molecule has 0 unspecified atom stereocenters. The molecular weight excluding hydrogens is 253 g/mol. The van der Waals surface area contributed by atoms with Gasteiger partial charge in [0.05, 0.1) is 12.2 Å². The molecule has 1 aromatic heterocycles. The van der Waals surface area contributed by atoms with Crippen LogP contribution in [0.4, 0.5) is 10.1 Å². The zero-order valence-electron chi connectivity index (χ0n) is 9.74. The predicted octanol–water partition coefficient (Wildman–Crippen LogP) is 2.37. The number of nitrogens with one attached hydrogen (secondary N) is 1. The van der Waals surface area contributed by atoms with Crippen LogP contribution in [-0.4, -0.2) is 10.1 Å². The summed E-state index contributed by atoms with van der Waals surface area (Å²) >= 11 is 4.88. The zero-order valence-corrected chi connectivity index (χ0v) is 10.6. The number of nitrogens with zero attached hydrogens (tertiary/aromatic N) is 1. The van der Waals surface area contributed by atoms with Crippen molar-refractivity contribution in [3.05, 3.63) is 47.1 Å². The molecule has 0 amide bonds. The molecule has 0 aliphatic heterocycles. The minimum atomic E-state index is -0.376. The number of aromatic nitrogens is 1. The number of halogens is 1. The van der Waals surface area contributed by atoms with Gasteiger partial charge in [0, 0.05) is 17.3 Å². The van der Waals surface area contributed by atoms with Crippen LogP contribution in [0.5, 0.6) is 0 Å². The fourth-order valence-electron chi connectivity index (χ4n) is 1.56. The van der Waals surface area contributed by atoms with E-state index in [0.29, 0.717) is 23.6 Å². The van der Waals surface area contributed by atoms with Gasteiger partial charge in [0.25, 0.3) is 0 Å². The molecule has 94 valence electrons. The Kier molecular flexibility index (Phi) is 3.57. The van der Waals surface area contributed by atoms with E-state index in [2.05, 4.69) is 10.5 Å². The molecule has 6 heteroatoms. The third kappa shape index (κ3) is 2.84. The number of nitrogens with two attached hydrogens (primary N) is 1. The third-order valence-corrected chi connectivity index (χ3v) is 2.60. The van der Waals surface area contributed by atoms with E-state index in [9.17, 15) is 4.39 Å². The summed E-state index contributed by atoms with van der Waals surface area (Å²) in [7, 11) is 0. The highest BCUT2D eigenvalue weighted by atomic mass is 32.1. The van der Waals surface area contributed by atoms with Gasteiger partial charge in [-0.2, -0.15) is 0 Å². The van der Waals surface area contributed by atoms with Gasteiger partial charge in [0.15, 0.2) is 5.76 Å². The maximum absolute atomic E-state index is 13.1. The van der Waals surface area contributed by atoms with E-state index in [4.69, 9.17) is 22.5 Å². The molecule has 0 radical (unpaired) electrons. The average Bonchev–Trinajstić information content (AvgIpc) is 2.73. The molecule has 0 fully saturated rings. The molecule has 0 spiro atoms. The normalized spacial score (nSPS) is 10.3. The van der Waals surface area contributed by atoms with Crippen LogP contribution in [0, 0.1) is 12.7 Å². The van der Waals surface area contributed by atoms with Crippen LogP contribution in [0.1, 0.15) is 17.0 Å². The average molecular weight is 265 g/mol. The molecule has 3 N–H and O–H groups in total. The Labute approximate surface area is 109 Å². The second-order valence-electron chi connectivity index (χ2n) is 3.84. The SMILES string of the molecule is Cc1cc(CNc2ccc(F)cc2C(N)=S)on1. The Balaban J connectivity index is 2.16. The van der Waals surface area contributed by atoms with E-state index < -0.39 is 0 Å². The van der Waals surface area contributed by atoms with Crippen molar-refractivity contribution in [2.24, 2.45) is 5.73 Å². The van der Waals surface area contributed by atoms with E-state index in [1.807, 2.05) is 13.0 Å². The number of hydrogen-bond acceptors (Lipinski definition) is 4. The van der Waals surface area contributed by atoms with Crippen LogP contribution in [0.3, 0.4) is 0 Å². The maximum atomic E-state index is 13.1. The topological polar surface area (TPSA) is 64.1 Å². The van der Waals surface area contributed by atoms with Gasteiger partial charge >= 0.3 is 0 Å². The molecule has 0 atom stereocenters. The largest absolute Gasteiger partial charge is 0.389 e. The second kappa shape index (κ2) is 5.14. The number of thiocarbonyl (C=S) groups is 1. The highest BCUT2D eigenvalue weighted by Gasteiger charge is 2.08. The summed E-state index contributed by atoms with van der Waals surface area (Å²) in [4.78, 5) is 0.144. The first-order valence-corrected chi connectivity index (χ1v) is 5.72. The minimum Gasteiger partial charge on any atom is -0.389 e. The molecular formula is C12H12FN3OS. The summed E-state index contributed by atoms with van der Waals surface area (Å²) in [5, 5.41) is 6.86. The van der Waals surface area contributed by atoms with Gasteiger partial charge in [0.1, 0.15) is 10.8 Å². The molecule has 1 aromatic carbocycles. The highest BCUT2D eigenvalue weighted by molar-refractivity contribution is 7.80. The number of aryl methyl sites for hydroxylation is 1. The summed E-state index contributed by atoms with van der Waals surface area (Å²) in [6.07, 6.45) is 0. The van der Waals surface area contributed by atoms with E-state index in [-0.39, 0.29) is 10.8 Å². The van der Waals surface area contributed by atoms with E-state index >= 15 is 0 Å². The predicted molar refractivity (Wildman–Crippen MR) is 70.9 cm³/mol. The fraction of sp³-hybridized carbons (Fsp3) is 0.167. The first-order chi connectivity index (χ1) is 8.56. The van der Waals surface area contributed by atoms with Gasteiger partial charge < -0.3 is 15.6 Å². The van der Waals surface area contributed by atoms with Gasteiger partial charge in [-0.3, -0.25) is 0 Å². The number of rotatable bonds is 4. The number of anilines is 1. The third-order valence-electron chi connectivity index (χ3n) is 2.38. The monoisotopic (exact) mass is 265 g/mol. The van der Waals surface area contributed by atoms with Crippen molar-refractivity contribution in [1.29, 1.82) is 0 Å². The Hall–Kier alpha value is -1.95. The summed E-state index contributed by atoms with van der Waals surface area (Å²) in [5.74, 6) is 0.310. The minimum absolute atomic E-state index is 0.144. The van der Waals surface area contributed by atoms with Crippen LogP contribution in [0.15, 0.2) is 28.8 Å². The quantitative estimate of drug-likeness (QED) is 0.831. The van der Waals surface area contributed by atoms with Crippen molar-refractivity contribution in [1.82, 2.24) is 5.16 Å². The first-order valence-electron chi connectivity index (χ1n) is 5.31. The molecule has 2 aromatic rings. The van der Waals surface area contributed by atoms with Crippen LogP contribution in [0.2, 0.25) is 0 Å². The van der Waals surface area contributed by atoms with Crippen LogP contribution >= 0.6 is 12.2 Å². The molecule has 0 saturated carbocycles. The summed E-state index contributed by atoms with van der Waals surface area (Å²) < 4.78 is 18.2. The standard InChI is InChI=1S/C12H12FN3OS/c1-7-4-9(17-16-7)6-15-11-3-2-8(13)5-10(11)12(14)18/h2-5,15H,6H2,1H3,(H2,14,18). The molecule has 0 aliphatic carbocycles. The van der Waals surface area contributed by atoms with Crippen molar-refractivity contribution in [3.63, 3.8) is 0 Å². The lowest BCUT2D eigenvalue weighted by Gasteiger charge is -2.09. The maximum Gasteiger partial charge on any atom is 0.156 e. The van der Waals surface area contributed by atoms with Gasteiger partial charge in [-0.15, -0.1) is 0 Å². The van der Waals surface area contributed by atoms with Gasteiger partial charge in [-0.25, -0.2) is 4.39 Å². The first kappa shape index (κ1) is 12.5. The second-order valence-corrected chi connectivity index (χ2v) is 4.28. The molecule has 0 saturated heterocycles. The lowest BCUT2D eigenvalue weighted by molar-refractivity contribution is 0.384. The van der Waals surface area contributed by atoms with Crippen molar-refractivity contribution >= 4 is 22.9 Å². The summed E-state index contributed by atoms with van der Waals surface area (Å²) in [6.45, 7) is 2.27. The Morgan fingerprint density at radius 1 is 1.50 bits per heavy atom. The fourth-order valence-corrected chi connectivity index (χ4v) is 1.73. The molecule has 1 heterocycles. The number of benzene rings is 1. The van der Waals surface area contributed by atoms with Crippen LogP contribution in [0.25, 0.3) is 0 Å². The van der Waals surface area contributed by atoms with Crippen molar-refractivity contribution in [2.45, 2.75) is 13.5 Å². The Bertz CT molecular complexity index is 582. The Morgan fingerprint density at radius 2 is 2.28 bits per heavy atom. The molecule has 2 rings (SSSR count). The smallest absolute Gasteiger partial charge is 0.156 e. The van der Waals surface area contributed by atoms with Crippen molar-refractivity contribution in [2.75, 3.05) is 5.32 Å². The zero-order chi connectivity index (χ0) is 13.1. The van der Waals surface area contributed by atoms with Gasteiger partial charge in [-0.05, 0) is 25.1 Å². The van der Waals surface area contributed by atoms with Gasteiger partial charge in [0.2, 0.25) is 0 Å². The summed E-state index contributed by atoms with van der Waals surface area (Å²) in [5.41, 5.74) is 7.49. The van der Waals surface area contributed by atoms with Crippen molar-refractivity contribution in [3.8, 4) is 0 Å². The van der Waals surface area contributed by atoms with E-state index in [1.54, 1.807) is 6.07 Å². The molecule has 4 nitrogen and oxygen atoms in total. The van der Waals surface area contributed by atoms with Crippen molar-refractivity contribution < 1.29 is 8.91 Å². The molecule has 0 bridgehead atoms. The van der Waals surface area contributed by atoms with Gasteiger partial charge in [-0.1, -0.05) is 17.4 Å². The highest BCUT2D eigenvalue weighted by Crippen LogP contribution is 2.18. The van der Waals surface area contributed by atoms with E-state index in [1.165, 1.54) is 12.1 Å².